The highest BCUT2D eigenvalue weighted by atomic mass is 16.5. The highest BCUT2D eigenvalue weighted by molar-refractivity contribution is 6.51. The topological polar surface area (TPSA) is 89.0 Å². The van der Waals surface area contributed by atoms with E-state index in [0.717, 1.165) is 11.3 Å². The Balaban J connectivity index is 1.48. The number of carbonyl (C=O) groups is 2. The number of ketones is 1. The van der Waals surface area contributed by atoms with E-state index in [2.05, 4.69) is 4.98 Å². The molecule has 1 amide bonds. The van der Waals surface area contributed by atoms with Gasteiger partial charge in [0.25, 0.3) is 5.78 Å². The molecule has 2 aliphatic heterocycles. The van der Waals surface area contributed by atoms with E-state index in [0.29, 0.717) is 34.9 Å². The first kappa shape index (κ1) is 23.5. The van der Waals surface area contributed by atoms with Crippen LogP contribution in [0, 0.1) is 0 Å². The number of fused-ring (bicyclic) bond motifs is 1. The molecule has 1 fully saturated rings. The molecule has 0 saturated carbocycles. The molecule has 0 aliphatic carbocycles. The molecule has 0 radical (unpaired) electrons. The summed E-state index contributed by atoms with van der Waals surface area (Å²) in [6.07, 6.45) is 2.29. The summed E-state index contributed by atoms with van der Waals surface area (Å²) >= 11 is 0. The van der Waals surface area contributed by atoms with Gasteiger partial charge < -0.3 is 14.6 Å². The molecule has 188 valence electrons. The Morgan fingerprint density at radius 3 is 2.53 bits per heavy atom. The molecule has 1 N–H and O–H groups in total. The number of benzene rings is 3. The number of aliphatic hydroxyl groups excluding tert-OH is 1. The average molecular weight is 505 g/mol. The molecular weight excluding hydrogens is 480 g/mol. The standard InChI is InChI=1S/C31H24N2O5/c1-19-16-22-17-21(13-14-25(22)37-19)29(34)27-28(33(31(36)30(27)35)26-12-5-6-15-32-26)20-8-7-11-24(18-20)38-23-9-3-2-4-10-23/h2-15,17-19,28,34H,16H2,1H3/b29-27+. The van der Waals surface area contributed by atoms with Gasteiger partial charge in [-0.3, -0.25) is 14.5 Å². The Bertz CT molecular complexity index is 1570. The molecule has 2 aliphatic rings. The van der Waals surface area contributed by atoms with Crippen LogP contribution < -0.4 is 14.4 Å². The van der Waals surface area contributed by atoms with Gasteiger partial charge in [0.2, 0.25) is 0 Å². The van der Waals surface area contributed by atoms with Crippen LogP contribution in [-0.4, -0.2) is 27.9 Å². The van der Waals surface area contributed by atoms with Crippen LogP contribution in [-0.2, 0) is 16.0 Å². The SMILES string of the molecule is CC1Cc2cc(/C(O)=C3\C(=O)C(=O)N(c4ccccn4)C3c3cccc(Oc4ccccc4)c3)ccc2O1. The van der Waals surface area contributed by atoms with Gasteiger partial charge in [-0.2, -0.15) is 0 Å². The number of pyridine rings is 1. The third-order valence-electron chi connectivity index (χ3n) is 6.66. The number of amides is 1. The molecule has 1 saturated heterocycles. The lowest BCUT2D eigenvalue weighted by Gasteiger charge is -2.24. The van der Waals surface area contributed by atoms with Crippen LogP contribution in [0.15, 0.2) is 103 Å². The third kappa shape index (κ3) is 4.18. The summed E-state index contributed by atoms with van der Waals surface area (Å²) in [6, 6.07) is 26.0. The summed E-state index contributed by atoms with van der Waals surface area (Å²) in [5.41, 5.74) is 1.98. The summed E-state index contributed by atoms with van der Waals surface area (Å²) in [6.45, 7) is 1.97. The zero-order chi connectivity index (χ0) is 26.2. The number of ether oxygens (including phenoxy) is 2. The van der Waals surface area contributed by atoms with E-state index >= 15 is 0 Å². The van der Waals surface area contributed by atoms with Crippen LogP contribution >= 0.6 is 0 Å². The first-order valence-electron chi connectivity index (χ1n) is 12.3. The van der Waals surface area contributed by atoms with Gasteiger partial charge >= 0.3 is 5.91 Å². The number of Topliss-reactive ketones (excluding diaryl/α,β-unsaturated/α-hetero) is 1. The van der Waals surface area contributed by atoms with Crippen molar-refractivity contribution in [1.82, 2.24) is 4.98 Å². The maximum atomic E-state index is 13.5. The highest BCUT2D eigenvalue weighted by Crippen LogP contribution is 2.43. The summed E-state index contributed by atoms with van der Waals surface area (Å²) in [5.74, 6) is 0.459. The molecule has 7 heteroatoms. The Kier molecular flexibility index (Phi) is 5.88. The normalized spacial score (nSPS) is 19.8. The highest BCUT2D eigenvalue weighted by Gasteiger charge is 2.47. The summed E-state index contributed by atoms with van der Waals surface area (Å²) in [7, 11) is 0. The second kappa shape index (κ2) is 9.52. The van der Waals surface area contributed by atoms with Crippen molar-refractivity contribution < 1.29 is 24.2 Å². The molecule has 7 nitrogen and oxygen atoms in total. The maximum absolute atomic E-state index is 13.5. The molecule has 1 aromatic heterocycles. The van der Waals surface area contributed by atoms with Gasteiger partial charge in [-0.25, -0.2) is 4.98 Å². The number of aliphatic hydroxyl groups is 1. The van der Waals surface area contributed by atoms with Crippen LogP contribution in [0.1, 0.15) is 29.7 Å². The maximum Gasteiger partial charge on any atom is 0.301 e. The number of hydrogen-bond donors (Lipinski definition) is 1. The monoisotopic (exact) mass is 504 g/mol. The van der Waals surface area contributed by atoms with E-state index in [-0.39, 0.29) is 17.4 Å². The second-order valence-corrected chi connectivity index (χ2v) is 9.30. The van der Waals surface area contributed by atoms with E-state index in [1.54, 1.807) is 60.8 Å². The number of para-hydroxylation sites is 1. The molecule has 2 atom stereocenters. The second-order valence-electron chi connectivity index (χ2n) is 9.30. The van der Waals surface area contributed by atoms with Crippen molar-refractivity contribution in [3.8, 4) is 17.2 Å². The molecule has 3 heterocycles. The van der Waals surface area contributed by atoms with Gasteiger partial charge in [0.1, 0.15) is 34.9 Å². The molecule has 2 unspecified atom stereocenters. The number of nitrogens with zero attached hydrogens (tertiary/aromatic N) is 2. The van der Waals surface area contributed by atoms with Crippen LogP contribution in [0.25, 0.3) is 5.76 Å². The van der Waals surface area contributed by atoms with E-state index in [1.165, 1.54) is 4.90 Å². The van der Waals surface area contributed by atoms with Gasteiger partial charge in [-0.15, -0.1) is 0 Å². The predicted octanol–water partition coefficient (Wildman–Crippen LogP) is 5.82. The van der Waals surface area contributed by atoms with Crippen molar-refractivity contribution in [3.63, 3.8) is 0 Å². The first-order valence-corrected chi connectivity index (χ1v) is 12.3. The fourth-order valence-corrected chi connectivity index (χ4v) is 4.98. The van der Waals surface area contributed by atoms with Crippen molar-refractivity contribution in [2.75, 3.05) is 4.90 Å². The van der Waals surface area contributed by atoms with E-state index in [1.807, 2.05) is 43.3 Å². The lowest BCUT2D eigenvalue weighted by molar-refractivity contribution is -0.132. The number of anilines is 1. The Labute approximate surface area is 219 Å². The van der Waals surface area contributed by atoms with Crippen LogP contribution in [0.2, 0.25) is 0 Å². The minimum atomic E-state index is -0.910. The van der Waals surface area contributed by atoms with Crippen molar-refractivity contribution in [1.29, 1.82) is 0 Å². The quantitative estimate of drug-likeness (QED) is 0.209. The number of hydrogen-bond acceptors (Lipinski definition) is 6. The van der Waals surface area contributed by atoms with Crippen molar-refractivity contribution >= 4 is 23.3 Å². The van der Waals surface area contributed by atoms with Crippen LogP contribution in [0.5, 0.6) is 17.2 Å². The van der Waals surface area contributed by atoms with Gasteiger partial charge in [-0.1, -0.05) is 36.4 Å². The zero-order valence-electron chi connectivity index (χ0n) is 20.6. The molecule has 6 rings (SSSR count). The predicted molar refractivity (Wildman–Crippen MR) is 142 cm³/mol. The smallest absolute Gasteiger partial charge is 0.301 e. The molecule has 3 aromatic carbocycles. The van der Waals surface area contributed by atoms with Crippen molar-refractivity contribution in [2.24, 2.45) is 0 Å². The van der Waals surface area contributed by atoms with Gasteiger partial charge in [-0.05, 0) is 72.6 Å². The Morgan fingerprint density at radius 2 is 1.74 bits per heavy atom. The van der Waals surface area contributed by atoms with Gasteiger partial charge in [0.05, 0.1) is 11.6 Å². The minimum Gasteiger partial charge on any atom is -0.507 e. The fourth-order valence-electron chi connectivity index (χ4n) is 4.98. The third-order valence-corrected chi connectivity index (χ3v) is 6.66. The van der Waals surface area contributed by atoms with E-state index in [9.17, 15) is 14.7 Å². The largest absolute Gasteiger partial charge is 0.507 e. The Hall–Kier alpha value is -4.91. The number of aromatic nitrogens is 1. The molecule has 4 aromatic rings. The molecule has 0 bridgehead atoms. The average Bonchev–Trinajstić information content (AvgIpc) is 3.44. The van der Waals surface area contributed by atoms with Gasteiger partial charge in [0.15, 0.2) is 0 Å². The zero-order valence-corrected chi connectivity index (χ0v) is 20.6. The van der Waals surface area contributed by atoms with E-state index < -0.39 is 17.7 Å². The van der Waals surface area contributed by atoms with E-state index in [4.69, 9.17) is 9.47 Å². The Morgan fingerprint density at radius 1 is 0.947 bits per heavy atom. The summed E-state index contributed by atoms with van der Waals surface area (Å²) in [5, 5.41) is 11.5. The lowest BCUT2D eigenvalue weighted by Crippen LogP contribution is -2.30. The molecular formula is C31H24N2O5. The van der Waals surface area contributed by atoms with Crippen molar-refractivity contribution in [2.45, 2.75) is 25.5 Å². The fraction of sp³-hybridized carbons (Fsp3) is 0.129. The van der Waals surface area contributed by atoms with Crippen LogP contribution in [0.4, 0.5) is 5.82 Å². The molecule has 0 spiro atoms. The minimum absolute atomic E-state index is 0.00979. The lowest BCUT2D eigenvalue weighted by atomic mass is 9.94. The first-order chi connectivity index (χ1) is 18.5. The summed E-state index contributed by atoms with van der Waals surface area (Å²) in [4.78, 5) is 32.5. The van der Waals surface area contributed by atoms with Gasteiger partial charge in [0, 0.05) is 18.2 Å². The van der Waals surface area contributed by atoms with Crippen LogP contribution in [0.3, 0.4) is 0 Å². The number of rotatable bonds is 5. The van der Waals surface area contributed by atoms with Crippen molar-refractivity contribution in [3.05, 3.63) is 119 Å². The summed E-state index contributed by atoms with van der Waals surface area (Å²) < 4.78 is 11.8. The molecule has 38 heavy (non-hydrogen) atoms. The number of carbonyl (C=O) groups excluding carboxylic acids is 2.